The molecule has 1 aromatic heterocycles. The molecule has 0 aliphatic carbocycles. The molecule has 4 rings (SSSR count). The number of carboxylic acids is 1. The van der Waals surface area contributed by atoms with Crippen molar-refractivity contribution >= 4 is 39.2 Å². The average molecular weight is 380 g/mol. The van der Waals surface area contributed by atoms with Crippen molar-refractivity contribution in [3.05, 3.63) is 76.9 Å². The quantitative estimate of drug-likeness (QED) is 0.423. The highest BCUT2D eigenvalue weighted by molar-refractivity contribution is 6.31. The van der Waals surface area contributed by atoms with Crippen molar-refractivity contribution in [2.45, 2.75) is 12.8 Å². The highest BCUT2D eigenvalue weighted by atomic mass is 35.5. The van der Waals surface area contributed by atoms with Crippen LogP contribution in [-0.4, -0.2) is 22.7 Å². The van der Waals surface area contributed by atoms with Gasteiger partial charge in [0.2, 0.25) is 0 Å². The fourth-order valence-corrected chi connectivity index (χ4v) is 3.59. The van der Waals surface area contributed by atoms with E-state index in [2.05, 4.69) is 17.1 Å². The van der Waals surface area contributed by atoms with Gasteiger partial charge in [0.25, 0.3) is 0 Å². The van der Waals surface area contributed by atoms with Gasteiger partial charge in [-0.15, -0.1) is 0 Å². The summed E-state index contributed by atoms with van der Waals surface area (Å²) in [4.78, 5) is 14.6. The van der Waals surface area contributed by atoms with Gasteiger partial charge in [-0.3, -0.25) is 0 Å². The summed E-state index contributed by atoms with van der Waals surface area (Å²) < 4.78 is 5.97. The van der Waals surface area contributed by atoms with Gasteiger partial charge < -0.3 is 14.8 Å². The molecule has 3 aromatic carbocycles. The van der Waals surface area contributed by atoms with E-state index in [4.69, 9.17) is 16.3 Å². The van der Waals surface area contributed by atoms with Gasteiger partial charge in [-0.1, -0.05) is 48.0 Å². The normalized spacial score (nSPS) is 11.1. The number of halogens is 1. The highest BCUT2D eigenvalue weighted by Crippen LogP contribution is 2.28. The minimum atomic E-state index is -0.965. The third-order valence-corrected chi connectivity index (χ3v) is 4.90. The minimum absolute atomic E-state index is 0.220. The molecular weight excluding hydrogens is 362 g/mol. The third-order valence-electron chi connectivity index (χ3n) is 4.66. The number of hydrogen-bond donors (Lipinski definition) is 2. The second-order valence-corrected chi connectivity index (χ2v) is 6.84. The maximum absolute atomic E-state index is 11.6. The molecule has 0 aliphatic rings. The number of rotatable bonds is 6. The molecule has 1 heterocycles. The number of H-pyrrole nitrogens is 1. The number of aromatic nitrogens is 1. The number of benzene rings is 3. The summed E-state index contributed by atoms with van der Waals surface area (Å²) in [6.07, 6.45) is 1.29. The van der Waals surface area contributed by atoms with Crippen LogP contribution < -0.4 is 4.74 Å². The van der Waals surface area contributed by atoms with Crippen LogP contribution in [0.15, 0.2) is 60.7 Å². The summed E-state index contributed by atoms with van der Waals surface area (Å²) in [6.45, 7) is 0.500. The maximum Gasteiger partial charge on any atom is 0.352 e. The Morgan fingerprint density at radius 1 is 1.04 bits per heavy atom. The van der Waals surface area contributed by atoms with E-state index in [0.29, 0.717) is 24.5 Å². The van der Waals surface area contributed by atoms with E-state index >= 15 is 0 Å². The molecule has 0 spiro atoms. The zero-order valence-corrected chi connectivity index (χ0v) is 15.3. The van der Waals surface area contributed by atoms with Crippen molar-refractivity contribution < 1.29 is 14.6 Å². The molecule has 2 N–H and O–H groups in total. The van der Waals surface area contributed by atoms with Crippen LogP contribution in [0.3, 0.4) is 0 Å². The van der Waals surface area contributed by atoms with E-state index in [0.717, 1.165) is 33.0 Å². The number of ether oxygens (including phenoxy) is 1. The number of fused-ring (bicyclic) bond motifs is 2. The van der Waals surface area contributed by atoms with Crippen LogP contribution in [0, 0.1) is 0 Å². The summed E-state index contributed by atoms with van der Waals surface area (Å²) >= 11 is 6.09. The first-order valence-electron chi connectivity index (χ1n) is 8.77. The molecule has 0 atom stereocenters. The predicted octanol–water partition coefficient (Wildman–Crippen LogP) is 5.68. The summed E-state index contributed by atoms with van der Waals surface area (Å²) in [7, 11) is 0. The maximum atomic E-state index is 11.6. The molecule has 27 heavy (non-hydrogen) atoms. The van der Waals surface area contributed by atoms with Crippen LogP contribution in [0.1, 0.15) is 22.5 Å². The molecule has 4 nitrogen and oxygen atoms in total. The lowest BCUT2D eigenvalue weighted by atomic mass is 10.1. The lowest BCUT2D eigenvalue weighted by Crippen LogP contribution is -2.04. The van der Waals surface area contributed by atoms with Gasteiger partial charge >= 0.3 is 5.97 Å². The van der Waals surface area contributed by atoms with Gasteiger partial charge in [0.1, 0.15) is 11.4 Å². The van der Waals surface area contributed by atoms with Crippen molar-refractivity contribution in [3.8, 4) is 5.75 Å². The Kier molecular flexibility index (Phi) is 4.73. The van der Waals surface area contributed by atoms with E-state index in [1.807, 2.05) is 30.3 Å². The zero-order valence-electron chi connectivity index (χ0n) is 14.5. The Morgan fingerprint density at radius 2 is 1.85 bits per heavy atom. The smallest absolute Gasteiger partial charge is 0.352 e. The average Bonchev–Trinajstić information content (AvgIpc) is 3.03. The second kappa shape index (κ2) is 7.33. The van der Waals surface area contributed by atoms with Crippen LogP contribution in [-0.2, 0) is 6.42 Å². The third kappa shape index (κ3) is 3.49. The van der Waals surface area contributed by atoms with Gasteiger partial charge in [0.15, 0.2) is 0 Å². The van der Waals surface area contributed by atoms with E-state index in [9.17, 15) is 9.90 Å². The Hall–Kier alpha value is -2.98. The number of hydrogen-bond acceptors (Lipinski definition) is 2. The van der Waals surface area contributed by atoms with Crippen molar-refractivity contribution in [3.63, 3.8) is 0 Å². The van der Waals surface area contributed by atoms with Crippen molar-refractivity contribution in [2.24, 2.45) is 0 Å². The second-order valence-electron chi connectivity index (χ2n) is 6.40. The van der Waals surface area contributed by atoms with Crippen LogP contribution in [0.25, 0.3) is 21.7 Å². The fraction of sp³-hybridized carbons (Fsp3) is 0.136. The molecule has 0 unspecified atom stereocenters. The van der Waals surface area contributed by atoms with E-state index in [-0.39, 0.29) is 5.69 Å². The molecule has 0 bridgehead atoms. The highest BCUT2D eigenvalue weighted by Gasteiger charge is 2.17. The van der Waals surface area contributed by atoms with Crippen molar-refractivity contribution in [2.75, 3.05) is 6.61 Å². The Bertz CT molecular complexity index is 1130. The molecule has 136 valence electrons. The standard InChI is InChI=1S/C22H18ClNO3/c23-15-10-11-19-18(13-15)17(21(24-19)22(25)26)8-4-12-27-20-9-3-6-14-5-1-2-7-16(14)20/h1-3,5-7,9-11,13,24H,4,8,12H2,(H,25,26). The SMILES string of the molecule is O=C(O)c1[nH]c2ccc(Cl)cc2c1CCCOc1cccc2ccccc12. The Morgan fingerprint density at radius 3 is 2.70 bits per heavy atom. The van der Waals surface area contributed by atoms with Crippen LogP contribution in [0.5, 0.6) is 5.75 Å². The number of carboxylic acid groups (broad SMARTS) is 1. The first-order chi connectivity index (χ1) is 13.1. The monoisotopic (exact) mass is 379 g/mol. The summed E-state index contributed by atoms with van der Waals surface area (Å²) in [5, 5.41) is 13.1. The van der Waals surface area contributed by atoms with Gasteiger partial charge in [-0.2, -0.15) is 0 Å². The van der Waals surface area contributed by atoms with E-state index in [1.165, 1.54) is 0 Å². The van der Waals surface area contributed by atoms with Crippen molar-refractivity contribution in [1.29, 1.82) is 0 Å². The number of carbonyl (C=O) groups is 1. The van der Waals surface area contributed by atoms with Gasteiger partial charge in [-0.05, 0) is 48.1 Å². The molecule has 0 radical (unpaired) electrons. The molecule has 4 aromatic rings. The van der Waals surface area contributed by atoms with Gasteiger partial charge in [-0.25, -0.2) is 4.79 Å². The van der Waals surface area contributed by atoms with Crippen LogP contribution in [0.4, 0.5) is 0 Å². The number of aromatic carboxylic acids is 1. The number of aryl methyl sites for hydroxylation is 1. The number of aromatic amines is 1. The van der Waals surface area contributed by atoms with Crippen molar-refractivity contribution in [1.82, 2.24) is 4.98 Å². The topological polar surface area (TPSA) is 62.3 Å². The Balaban J connectivity index is 1.51. The molecule has 0 fully saturated rings. The van der Waals surface area contributed by atoms with Gasteiger partial charge in [0.05, 0.1) is 6.61 Å². The summed E-state index contributed by atoms with van der Waals surface area (Å²) in [5.74, 6) is -0.124. The lowest BCUT2D eigenvalue weighted by Gasteiger charge is -2.09. The van der Waals surface area contributed by atoms with E-state index < -0.39 is 5.97 Å². The summed E-state index contributed by atoms with van der Waals surface area (Å²) in [5.41, 5.74) is 1.76. The van der Waals surface area contributed by atoms with Gasteiger partial charge in [0, 0.05) is 21.3 Å². The fourth-order valence-electron chi connectivity index (χ4n) is 3.41. The van der Waals surface area contributed by atoms with E-state index in [1.54, 1.807) is 18.2 Å². The first kappa shape index (κ1) is 17.4. The summed E-state index contributed by atoms with van der Waals surface area (Å²) in [6, 6.07) is 19.4. The molecule has 0 aliphatic heterocycles. The van der Waals surface area contributed by atoms with Crippen LogP contribution >= 0.6 is 11.6 Å². The lowest BCUT2D eigenvalue weighted by molar-refractivity contribution is 0.0690. The molecule has 0 saturated carbocycles. The Labute approximate surface area is 161 Å². The zero-order chi connectivity index (χ0) is 18.8. The first-order valence-corrected chi connectivity index (χ1v) is 9.15. The predicted molar refractivity (Wildman–Crippen MR) is 108 cm³/mol. The number of nitrogens with one attached hydrogen (secondary N) is 1. The van der Waals surface area contributed by atoms with Crippen LogP contribution in [0.2, 0.25) is 5.02 Å². The molecule has 5 heteroatoms. The molecule has 0 saturated heterocycles. The molecule has 0 amide bonds. The minimum Gasteiger partial charge on any atom is -0.493 e. The largest absolute Gasteiger partial charge is 0.493 e. The molecular formula is C22H18ClNO3.